The highest BCUT2D eigenvalue weighted by atomic mass is 16.5. The van der Waals surface area contributed by atoms with E-state index in [4.69, 9.17) is 4.74 Å². The Morgan fingerprint density at radius 2 is 2.24 bits per heavy atom. The van der Waals surface area contributed by atoms with Gasteiger partial charge in [-0.3, -0.25) is 0 Å². The fourth-order valence-corrected chi connectivity index (χ4v) is 2.50. The normalized spacial score (nSPS) is 24.6. The highest BCUT2D eigenvalue weighted by Gasteiger charge is 2.36. The van der Waals surface area contributed by atoms with Gasteiger partial charge in [0.25, 0.3) is 0 Å². The van der Waals surface area contributed by atoms with E-state index in [0.29, 0.717) is 13.2 Å². The number of rotatable bonds is 5. The van der Waals surface area contributed by atoms with E-state index in [0.717, 1.165) is 18.4 Å². The van der Waals surface area contributed by atoms with E-state index in [2.05, 4.69) is 18.3 Å². The van der Waals surface area contributed by atoms with E-state index >= 15 is 0 Å². The summed E-state index contributed by atoms with van der Waals surface area (Å²) in [6, 6.07) is 8.42. The number of hydrogen-bond donors (Lipinski definition) is 2. The molecule has 2 unspecified atom stereocenters. The van der Waals surface area contributed by atoms with Crippen LogP contribution in [-0.2, 0) is 16.8 Å². The van der Waals surface area contributed by atoms with Gasteiger partial charge in [0.05, 0.1) is 6.61 Å². The van der Waals surface area contributed by atoms with Gasteiger partial charge in [-0.25, -0.2) is 0 Å². The van der Waals surface area contributed by atoms with Crippen LogP contribution in [0.15, 0.2) is 24.3 Å². The lowest BCUT2D eigenvalue weighted by molar-refractivity contribution is 0.0329. The molecule has 17 heavy (non-hydrogen) atoms. The van der Waals surface area contributed by atoms with E-state index < -0.39 is 5.60 Å². The summed E-state index contributed by atoms with van der Waals surface area (Å²) >= 11 is 0. The van der Waals surface area contributed by atoms with Crippen molar-refractivity contribution in [1.29, 1.82) is 0 Å². The fourth-order valence-electron chi connectivity index (χ4n) is 2.50. The third-order valence-electron chi connectivity index (χ3n) is 3.49. The van der Waals surface area contributed by atoms with Gasteiger partial charge >= 0.3 is 0 Å². The van der Waals surface area contributed by atoms with Gasteiger partial charge in [-0.2, -0.15) is 0 Å². The summed E-state index contributed by atoms with van der Waals surface area (Å²) in [7, 11) is 1.69. The lowest BCUT2D eigenvalue weighted by Gasteiger charge is -2.26. The molecular weight excluding hydrogens is 214 g/mol. The van der Waals surface area contributed by atoms with Crippen molar-refractivity contribution in [3.63, 3.8) is 0 Å². The summed E-state index contributed by atoms with van der Waals surface area (Å²) in [6.07, 6.45) is 1.77. The van der Waals surface area contributed by atoms with Crippen LogP contribution < -0.4 is 5.32 Å². The molecule has 0 amide bonds. The standard InChI is InChI=1S/C14H21NO2/c1-11(9-17-2)15-10-14(16)8-7-12-5-3-4-6-13(12)14/h3-6,11,15-16H,7-10H2,1-2H3. The van der Waals surface area contributed by atoms with Gasteiger partial charge in [-0.1, -0.05) is 24.3 Å². The molecule has 2 atom stereocenters. The second-order valence-corrected chi connectivity index (χ2v) is 4.93. The van der Waals surface area contributed by atoms with Crippen LogP contribution in [0.25, 0.3) is 0 Å². The Hall–Kier alpha value is -0.900. The zero-order chi connectivity index (χ0) is 12.3. The highest BCUT2D eigenvalue weighted by molar-refractivity contribution is 5.37. The second-order valence-electron chi connectivity index (χ2n) is 4.93. The molecule has 2 N–H and O–H groups in total. The van der Waals surface area contributed by atoms with Crippen molar-refractivity contribution in [2.45, 2.75) is 31.4 Å². The first-order valence-corrected chi connectivity index (χ1v) is 6.19. The predicted octanol–water partition coefficient (Wildman–Crippen LogP) is 1.44. The Labute approximate surface area is 103 Å². The molecule has 0 saturated carbocycles. The van der Waals surface area contributed by atoms with Gasteiger partial charge in [-0.15, -0.1) is 0 Å². The summed E-state index contributed by atoms with van der Waals surface area (Å²) in [5.74, 6) is 0. The Balaban J connectivity index is 2.01. The lowest BCUT2D eigenvalue weighted by Crippen LogP contribution is -2.41. The highest BCUT2D eigenvalue weighted by Crippen LogP contribution is 2.36. The van der Waals surface area contributed by atoms with Gasteiger partial charge in [0, 0.05) is 19.7 Å². The molecule has 2 rings (SSSR count). The summed E-state index contributed by atoms with van der Waals surface area (Å²) in [6.45, 7) is 3.32. The number of aliphatic hydroxyl groups is 1. The van der Waals surface area contributed by atoms with Gasteiger partial charge in [-0.05, 0) is 30.9 Å². The van der Waals surface area contributed by atoms with Crippen LogP contribution in [-0.4, -0.2) is 31.4 Å². The minimum atomic E-state index is -0.710. The van der Waals surface area contributed by atoms with E-state index in [-0.39, 0.29) is 6.04 Å². The van der Waals surface area contributed by atoms with Crippen molar-refractivity contribution in [3.05, 3.63) is 35.4 Å². The molecule has 1 aliphatic carbocycles. The van der Waals surface area contributed by atoms with Gasteiger partial charge < -0.3 is 15.2 Å². The zero-order valence-electron chi connectivity index (χ0n) is 10.6. The van der Waals surface area contributed by atoms with E-state index in [1.165, 1.54) is 5.56 Å². The molecule has 0 radical (unpaired) electrons. The van der Waals surface area contributed by atoms with Crippen molar-refractivity contribution in [2.75, 3.05) is 20.3 Å². The molecule has 0 spiro atoms. The van der Waals surface area contributed by atoms with Gasteiger partial charge in [0.2, 0.25) is 0 Å². The van der Waals surface area contributed by atoms with E-state index in [9.17, 15) is 5.11 Å². The minimum absolute atomic E-state index is 0.261. The van der Waals surface area contributed by atoms with Crippen molar-refractivity contribution >= 4 is 0 Å². The molecule has 3 heteroatoms. The van der Waals surface area contributed by atoms with Crippen molar-refractivity contribution < 1.29 is 9.84 Å². The maximum atomic E-state index is 10.7. The fraction of sp³-hybridized carbons (Fsp3) is 0.571. The van der Waals surface area contributed by atoms with Crippen molar-refractivity contribution in [3.8, 4) is 0 Å². The third kappa shape index (κ3) is 2.68. The molecule has 1 aliphatic rings. The average Bonchev–Trinajstić information content (AvgIpc) is 2.67. The van der Waals surface area contributed by atoms with E-state index in [1.807, 2.05) is 18.2 Å². The maximum absolute atomic E-state index is 10.7. The lowest BCUT2D eigenvalue weighted by atomic mass is 9.96. The van der Waals surface area contributed by atoms with Crippen molar-refractivity contribution in [1.82, 2.24) is 5.32 Å². The summed E-state index contributed by atoms with van der Waals surface area (Å²) < 4.78 is 5.08. The van der Waals surface area contributed by atoms with Crippen LogP contribution in [0.4, 0.5) is 0 Å². The number of ether oxygens (including phenoxy) is 1. The molecule has 0 aromatic heterocycles. The number of aryl methyl sites for hydroxylation is 1. The summed E-state index contributed by atoms with van der Waals surface area (Å²) in [4.78, 5) is 0. The summed E-state index contributed by atoms with van der Waals surface area (Å²) in [5, 5.41) is 14.0. The quantitative estimate of drug-likeness (QED) is 0.811. The third-order valence-corrected chi connectivity index (χ3v) is 3.49. The Morgan fingerprint density at radius 3 is 3.00 bits per heavy atom. The average molecular weight is 235 g/mol. The molecule has 1 aromatic carbocycles. The summed E-state index contributed by atoms with van der Waals surface area (Å²) in [5.41, 5.74) is 1.65. The van der Waals surface area contributed by atoms with Crippen LogP contribution in [0.5, 0.6) is 0 Å². The van der Waals surface area contributed by atoms with E-state index in [1.54, 1.807) is 7.11 Å². The Morgan fingerprint density at radius 1 is 1.47 bits per heavy atom. The first-order chi connectivity index (χ1) is 8.15. The predicted molar refractivity (Wildman–Crippen MR) is 68.0 cm³/mol. The molecule has 0 saturated heterocycles. The maximum Gasteiger partial charge on any atom is 0.103 e. The Kier molecular flexibility index (Phi) is 3.82. The van der Waals surface area contributed by atoms with Crippen LogP contribution in [0.3, 0.4) is 0 Å². The largest absolute Gasteiger partial charge is 0.384 e. The minimum Gasteiger partial charge on any atom is -0.384 e. The van der Waals surface area contributed by atoms with Crippen LogP contribution >= 0.6 is 0 Å². The monoisotopic (exact) mass is 235 g/mol. The van der Waals surface area contributed by atoms with Crippen LogP contribution in [0.2, 0.25) is 0 Å². The first kappa shape index (κ1) is 12.6. The number of nitrogens with one attached hydrogen (secondary N) is 1. The number of hydrogen-bond acceptors (Lipinski definition) is 3. The first-order valence-electron chi connectivity index (χ1n) is 6.19. The molecule has 94 valence electrons. The molecule has 0 aliphatic heterocycles. The molecule has 0 heterocycles. The zero-order valence-corrected chi connectivity index (χ0v) is 10.6. The number of benzene rings is 1. The van der Waals surface area contributed by atoms with Crippen LogP contribution in [0, 0.1) is 0 Å². The Bertz CT molecular complexity index is 380. The molecule has 1 aromatic rings. The topological polar surface area (TPSA) is 41.5 Å². The van der Waals surface area contributed by atoms with Crippen molar-refractivity contribution in [2.24, 2.45) is 0 Å². The van der Waals surface area contributed by atoms with Crippen LogP contribution in [0.1, 0.15) is 24.5 Å². The molecule has 3 nitrogen and oxygen atoms in total. The number of fused-ring (bicyclic) bond motifs is 1. The molecule has 0 fully saturated rings. The molecular formula is C14H21NO2. The smallest absolute Gasteiger partial charge is 0.103 e. The van der Waals surface area contributed by atoms with Gasteiger partial charge in [0.15, 0.2) is 0 Å². The second kappa shape index (κ2) is 5.17. The number of methoxy groups -OCH3 is 1. The van der Waals surface area contributed by atoms with Gasteiger partial charge in [0.1, 0.15) is 5.60 Å². The SMILES string of the molecule is COCC(C)NCC1(O)CCc2ccccc21. The molecule has 0 bridgehead atoms.